The number of aromatic nitrogens is 2. The second kappa shape index (κ2) is 4.33. The van der Waals surface area contributed by atoms with E-state index in [1.54, 1.807) is 6.07 Å². The molecule has 2 N–H and O–H groups in total. The lowest BCUT2D eigenvalue weighted by molar-refractivity contribution is 0.0950. The number of halogens is 2. The van der Waals surface area contributed by atoms with Gasteiger partial charge in [0.2, 0.25) is 0 Å². The predicted molar refractivity (Wildman–Crippen MR) is 46.4 cm³/mol. The quantitative estimate of drug-likeness (QED) is 0.726. The van der Waals surface area contributed by atoms with Gasteiger partial charge in [-0.05, 0) is 6.07 Å². The van der Waals surface area contributed by atoms with Gasteiger partial charge in [-0.2, -0.15) is 5.10 Å². The highest BCUT2D eigenvalue weighted by molar-refractivity contribution is 6.44. The number of hydrogen-bond acceptors (Lipinski definition) is 2. The lowest BCUT2D eigenvalue weighted by Crippen LogP contribution is -2.27. The van der Waals surface area contributed by atoms with Gasteiger partial charge in [0.1, 0.15) is 10.5 Å². The van der Waals surface area contributed by atoms with Crippen molar-refractivity contribution >= 4 is 29.1 Å². The van der Waals surface area contributed by atoms with Crippen LogP contribution in [0.1, 0.15) is 10.5 Å². The van der Waals surface area contributed by atoms with Gasteiger partial charge in [0.25, 0.3) is 5.91 Å². The summed E-state index contributed by atoms with van der Waals surface area (Å²) in [6, 6.07) is 1.56. The van der Waals surface area contributed by atoms with E-state index in [4.69, 9.17) is 23.2 Å². The molecule has 1 aromatic rings. The van der Waals surface area contributed by atoms with Crippen molar-refractivity contribution in [3.05, 3.63) is 18.0 Å². The summed E-state index contributed by atoms with van der Waals surface area (Å²) in [6.45, 7) is 0.223. The number of carbonyl (C=O) groups is 1. The molecule has 1 rings (SSSR count). The SMILES string of the molecule is O=C(NCC(Cl)Cl)c1ccn[nH]1. The van der Waals surface area contributed by atoms with E-state index in [2.05, 4.69) is 15.5 Å². The van der Waals surface area contributed by atoms with E-state index in [1.165, 1.54) is 6.20 Å². The number of amides is 1. The molecule has 0 saturated heterocycles. The Bertz CT molecular complexity index is 247. The summed E-state index contributed by atoms with van der Waals surface area (Å²) in [6.07, 6.45) is 1.49. The molecule has 0 aliphatic heterocycles. The third-order valence-corrected chi connectivity index (χ3v) is 1.47. The summed E-state index contributed by atoms with van der Waals surface area (Å²) in [4.78, 5) is 10.5. The number of alkyl halides is 2. The van der Waals surface area contributed by atoms with Crippen molar-refractivity contribution in [3.8, 4) is 0 Å². The number of rotatable bonds is 3. The minimum Gasteiger partial charge on any atom is -0.348 e. The molecule has 0 aliphatic rings. The first-order valence-corrected chi connectivity index (χ1v) is 4.13. The average molecular weight is 208 g/mol. The summed E-state index contributed by atoms with van der Waals surface area (Å²) in [5.74, 6) is -0.265. The molecule has 1 aromatic heterocycles. The second-order valence-corrected chi connectivity index (χ2v) is 3.35. The van der Waals surface area contributed by atoms with Gasteiger partial charge in [-0.1, -0.05) is 0 Å². The van der Waals surface area contributed by atoms with Gasteiger partial charge in [0.15, 0.2) is 0 Å². The lowest BCUT2D eigenvalue weighted by atomic mass is 10.4. The Morgan fingerprint density at radius 2 is 2.50 bits per heavy atom. The molecule has 0 saturated carbocycles. The van der Waals surface area contributed by atoms with Crippen molar-refractivity contribution in [2.75, 3.05) is 6.54 Å². The molecule has 6 heteroatoms. The Balaban J connectivity index is 2.40. The van der Waals surface area contributed by atoms with Gasteiger partial charge in [0.05, 0.1) is 0 Å². The number of carbonyl (C=O) groups excluding carboxylic acids is 1. The molecule has 4 nitrogen and oxygen atoms in total. The van der Waals surface area contributed by atoms with Crippen LogP contribution in [0.5, 0.6) is 0 Å². The molecule has 1 amide bonds. The molecule has 0 bridgehead atoms. The van der Waals surface area contributed by atoms with Gasteiger partial charge in [-0.15, -0.1) is 23.2 Å². The van der Waals surface area contributed by atoms with Crippen LogP contribution >= 0.6 is 23.2 Å². The van der Waals surface area contributed by atoms with E-state index in [0.29, 0.717) is 5.69 Å². The van der Waals surface area contributed by atoms with Crippen molar-refractivity contribution in [1.29, 1.82) is 0 Å². The zero-order chi connectivity index (χ0) is 8.97. The first kappa shape index (κ1) is 9.35. The standard InChI is InChI=1S/C6H7Cl2N3O/c7-5(8)3-9-6(12)4-1-2-10-11-4/h1-2,5H,3H2,(H,9,12)(H,10,11). The monoisotopic (exact) mass is 207 g/mol. The van der Waals surface area contributed by atoms with Crippen LogP contribution in [0.2, 0.25) is 0 Å². The number of nitrogens with one attached hydrogen (secondary N) is 2. The predicted octanol–water partition coefficient (Wildman–Crippen LogP) is 0.943. The number of aromatic amines is 1. The summed E-state index contributed by atoms with van der Waals surface area (Å²) >= 11 is 10.8. The highest BCUT2D eigenvalue weighted by Crippen LogP contribution is 1.99. The van der Waals surface area contributed by atoms with E-state index in [1.807, 2.05) is 0 Å². The molecular weight excluding hydrogens is 201 g/mol. The van der Waals surface area contributed by atoms with Crippen LogP contribution in [-0.4, -0.2) is 27.5 Å². The van der Waals surface area contributed by atoms with Crippen LogP contribution in [0, 0.1) is 0 Å². The fourth-order valence-corrected chi connectivity index (χ4v) is 0.802. The molecule has 12 heavy (non-hydrogen) atoms. The lowest BCUT2D eigenvalue weighted by Gasteiger charge is -2.02. The molecule has 0 fully saturated rings. The molecular formula is C6H7Cl2N3O. The Hall–Kier alpha value is -0.740. The molecule has 0 radical (unpaired) electrons. The van der Waals surface area contributed by atoms with Crippen molar-refractivity contribution in [1.82, 2.24) is 15.5 Å². The minimum atomic E-state index is -0.586. The smallest absolute Gasteiger partial charge is 0.269 e. The Kier molecular flexibility index (Phi) is 3.37. The van der Waals surface area contributed by atoms with Crippen LogP contribution in [0.4, 0.5) is 0 Å². The van der Waals surface area contributed by atoms with E-state index in [0.717, 1.165) is 0 Å². The molecule has 0 aliphatic carbocycles. The van der Waals surface area contributed by atoms with Gasteiger partial charge < -0.3 is 5.32 Å². The molecule has 0 unspecified atom stereocenters. The minimum absolute atomic E-state index is 0.223. The van der Waals surface area contributed by atoms with Gasteiger partial charge in [0, 0.05) is 12.7 Å². The first-order valence-electron chi connectivity index (χ1n) is 3.26. The summed E-state index contributed by atoms with van der Waals surface area (Å²) in [7, 11) is 0. The van der Waals surface area contributed by atoms with Gasteiger partial charge in [-0.25, -0.2) is 0 Å². The van der Waals surface area contributed by atoms with Crippen LogP contribution < -0.4 is 5.32 Å². The van der Waals surface area contributed by atoms with E-state index >= 15 is 0 Å². The Morgan fingerprint density at radius 3 is 3.00 bits per heavy atom. The first-order chi connectivity index (χ1) is 5.70. The zero-order valence-corrected chi connectivity index (χ0v) is 7.56. The Labute approximate surface area is 79.2 Å². The zero-order valence-electron chi connectivity index (χ0n) is 6.05. The maximum atomic E-state index is 11.1. The van der Waals surface area contributed by atoms with Crippen molar-refractivity contribution < 1.29 is 4.79 Å². The van der Waals surface area contributed by atoms with Crippen molar-refractivity contribution in [2.45, 2.75) is 4.84 Å². The number of hydrogen-bond donors (Lipinski definition) is 2. The van der Waals surface area contributed by atoms with Crippen LogP contribution in [0.25, 0.3) is 0 Å². The highest BCUT2D eigenvalue weighted by atomic mass is 35.5. The number of H-pyrrole nitrogens is 1. The second-order valence-electron chi connectivity index (χ2n) is 2.07. The third-order valence-electron chi connectivity index (χ3n) is 1.16. The topological polar surface area (TPSA) is 57.8 Å². The molecule has 66 valence electrons. The van der Waals surface area contributed by atoms with Crippen LogP contribution in [0.15, 0.2) is 12.3 Å². The average Bonchev–Trinajstić information content (AvgIpc) is 2.51. The summed E-state index contributed by atoms with van der Waals surface area (Å²) in [5, 5.41) is 8.64. The fourth-order valence-electron chi connectivity index (χ4n) is 0.647. The van der Waals surface area contributed by atoms with Gasteiger partial charge in [-0.3, -0.25) is 9.89 Å². The largest absolute Gasteiger partial charge is 0.348 e. The molecule has 0 aromatic carbocycles. The van der Waals surface area contributed by atoms with Crippen LogP contribution in [0.3, 0.4) is 0 Å². The third kappa shape index (κ3) is 2.71. The van der Waals surface area contributed by atoms with Crippen molar-refractivity contribution in [2.24, 2.45) is 0 Å². The fraction of sp³-hybridized carbons (Fsp3) is 0.333. The molecule has 1 heterocycles. The maximum absolute atomic E-state index is 11.1. The Morgan fingerprint density at radius 1 is 1.75 bits per heavy atom. The summed E-state index contributed by atoms with van der Waals surface area (Å²) < 4.78 is 0. The summed E-state index contributed by atoms with van der Waals surface area (Å²) in [5.41, 5.74) is 0.393. The van der Waals surface area contributed by atoms with Gasteiger partial charge >= 0.3 is 0 Å². The van der Waals surface area contributed by atoms with Crippen molar-refractivity contribution in [3.63, 3.8) is 0 Å². The number of nitrogens with zero attached hydrogens (tertiary/aromatic N) is 1. The van der Waals surface area contributed by atoms with E-state index in [9.17, 15) is 4.79 Å². The highest BCUT2D eigenvalue weighted by Gasteiger charge is 2.07. The molecule has 0 atom stereocenters. The van der Waals surface area contributed by atoms with E-state index < -0.39 is 4.84 Å². The van der Waals surface area contributed by atoms with Crippen LogP contribution in [-0.2, 0) is 0 Å². The molecule has 0 spiro atoms. The maximum Gasteiger partial charge on any atom is 0.269 e. The van der Waals surface area contributed by atoms with E-state index in [-0.39, 0.29) is 12.5 Å². The normalized spacial score (nSPS) is 10.2.